The third-order valence-electron chi connectivity index (χ3n) is 3.27. The van der Waals surface area contributed by atoms with E-state index in [4.69, 9.17) is 15.2 Å². The molecule has 1 aliphatic carbocycles. The number of hydrogen-bond donors (Lipinski definition) is 1. The number of carbonyl (C=O) groups is 1. The molecule has 0 aliphatic heterocycles. The van der Waals surface area contributed by atoms with Gasteiger partial charge in [-0.05, 0) is 43.9 Å². The minimum atomic E-state index is -0.0890. The summed E-state index contributed by atoms with van der Waals surface area (Å²) < 4.78 is 11.2. The molecule has 0 spiro atoms. The van der Waals surface area contributed by atoms with Crippen LogP contribution in [-0.2, 0) is 0 Å². The van der Waals surface area contributed by atoms with Crippen molar-refractivity contribution in [3.63, 3.8) is 0 Å². The van der Waals surface area contributed by atoms with Crippen LogP contribution in [0.5, 0.6) is 11.5 Å². The summed E-state index contributed by atoms with van der Waals surface area (Å²) in [4.78, 5) is 11.6. The summed E-state index contributed by atoms with van der Waals surface area (Å²) in [6, 6.07) is 5.20. The van der Waals surface area contributed by atoms with Crippen LogP contribution in [0.4, 0.5) is 0 Å². The zero-order chi connectivity index (χ0) is 13.0. The van der Waals surface area contributed by atoms with Gasteiger partial charge >= 0.3 is 0 Å². The molecule has 0 atom stereocenters. The van der Waals surface area contributed by atoms with Gasteiger partial charge in [-0.25, -0.2) is 0 Å². The molecule has 4 heteroatoms. The van der Waals surface area contributed by atoms with E-state index >= 15 is 0 Å². The molecule has 0 radical (unpaired) electrons. The zero-order valence-electron chi connectivity index (χ0n) is 10.6. The first-order valence-electron chi connectivity index (χ1n) is 6.32. The highest BCUT2D eigenvalue weighted by atomic mass is 16.5. The van der Waals surface area contributed by atoms with Gasteiger partial charge in [0.15, 0.2) is 17.3 Å². The smallest absolute Gasteiger partial charge is 0.176 e. The van der Waals surface area contributed by atoms with Crippen LogP contribution in [0, 0.1) is 0 Å². The Morgan fingerprint density at radius 1 is 1.33 bits per heavy atom. The van der Waals surface area contributed by atoms with Crippen molar-refractivity contribution in [2.75, 3.05) is 13.7 Å². The molecule has 4 nitrogen and oxygen atoms in total. The molecular formula is C14H19NO3. The number of Topliss-reactive ketones (excluding diaryl/α,β-unsaturated/α-hetero) is 1. The van der Waals surface area contributed by atoms with Crippen LogP contribution >= 0.6 is 0 Å². The lowest BCUT2D eigenvalue weighted by atomic mass is 10.1. The van der Waals surface area contributed by atoms with Crippen LogP contribution in [0.25, 0.3) is 0 Å². The lowest BCUT2D eigenvalue weighted by Crippen LogP contribution is -2.15. The predicted molar refractivity (Wildman–Crippen MR) is 69.3 cm³/mol. The second kappa shape index (κ2) is 5.87. The fourth-order valence-electron chi connectivity index (χ4n) is 2.25. The first-order valence-corrected chi connectivity index (χ1v) is 6.32. The van der Waals surface area contributed by atoms with E-state index < -0.39 is 0 Å². The van der Waals surface area contributed by atoms with Gasteiger partial charge in [-0.1, -0.05) is 0 Å². The van der Waals surface area contributed by atoms with Crippen LogP contribution in [0.3, 0.4) is 0 Å². The van der Waals surface area contributed by atoms with E-state index in [2.05, 4.69) is 0 Å². The fraction of sp³-hybridized carbons (Fsp3) is 0.500. The van der Waals surface area contributed by atoms with Crippen LogP contribution in [0.1, 0.15) is 36.0 Å². The van der Waals surface area contributed by atoms with E-state index in [9.17, 15) is 4.79 Å². The molecular weight excluding hydrogens is 230 g/mol. The number of carbonyl (C=O) groups excluding carboxylic acids is 1. The van der Waals surface area contributed by atoms with Crippen LogP contribution in [0.15, 0.2) is 18.2 Å². The highest BCUT2D eigenvalue weighted by Gasteiger charge is 2.19. The summed E-state index contributed by atoms with van der Waals surface area (Å²) in [6.45, 7) is 0.00912. The Kier molecular flexibility index (Phi) is 4.20. The topological polar surface area (TPSA) is 61.5 Å². The number of ether oxygens (including phenoxy) is 2. The molecule has 0 amide bonds. The van der Waals surface area contributed by atoms with Crippen molar-refractivity contribution in [3.8, 4) is 11.5 Å². The van der Waals surface area contributed by atoms with E-state index in [0.29, 0.717) is 17.1 Å². The Labute approximate surface area is 107 Å². The molecule has 1 fully saturated rings. The molecule has 2 N–H and O–H groups in total. The Hall–Kier alpha value is -1.55. The summed E-state index contributed by atoms with van der Waals surface area (Å²) >= 11 is 0. The first-order chi connectivity index (χ1) is 8.74. The summed E-state index contributed by atoms with van der Waals surface area (Å²) in [5.74, 6) is 1.22. The number of rotatable bonds is 5. The third-order valence-corrected chi connectivity index (χ3v) is 3.27. The molecule has 0 unspecified atom stereocenters. The maximum absolute atomic E-state index is 11.6. The largest absolute Gasteiger partial charge is 0.493 e. The van der Waals surface area contributed by atoms with E-state index in [1.807, 2.05) is 0 Å². The second-order valence-electron chi connectivity index (χ2n) is 4.52. The number of benzene rings is 1. The molecule has 0 heterocycles. The predicted octanol–water partition coefficient (Wildman–Crippen LogP) is 2.16. The van der Waals surface area contributed by atoms with Gasteiger partial charge in [-0.15, -0.1) is 0 Å². The maximum Gasteiger partial charge on any atom is 0.176 e. The SMILES string of the molecule is COc1ccc(C(=O)CN)cc1OC1CCCC1. The Morgan fingerprint density at radius 2 is 2.06 bits per heavy atom. The molecule has 0 saturated heterocycles. The van der Waals surface area contributed by atoms with Crippen molar-refractivity contribution in [1.82, 2.24) is 0 Å². The van der Waals surface area contributed by atoms with Gasteiger partial charge < -0.3 is 15.2 Å². The molecule has 1 aromatic rings. The van der Waals surface area contributed by atoms with E-state index in [1.54, 1.807) is 25.3 Å². The Morgan fingerprint density at radius 3 is 2.67 bits per heavy atom. The molecule has 18 heavy (non-hydrogen) atoms. The van der Waals surface area contributed by atoms with Crippen molar-refractivity contribution in [2.24, 2.45) is 5.73 Å². The van der Waals surface area contributed by atoms with Crippen LogP contribution in [0.2, 0.25) is 0 Å². The first kappa shape index (κ1) is 12.9. The van der Waals surface area contributed by atoms with Gasteiger partial charge in [-0.2, -0.15) is 0 Å². The lowest BCUT2D eigenvalue weighted by molar-refractivity contribution is 0.100. The normalized spacial score (nSPS) is 15.7. The second-order valence-corrected chi connectivity index (χ2v) is 4.52. The fourth-order valence-corrected chi connectivity index (χ4v) is 2.25. The van der Waals surface area contributed by atoms with Gasteiger partial charge in [0, 0.05) is 5.56 Å². The minimum absolute atomic E-state index is 0.00912. The van der Waals surface area contributed by atoms with Gasteiger partial charge in [0.25, 0.3) is 0 Å². The maximum atomic E-state index is 11.6. The third kappa shape index (κ3) is 2.82. The van der Waals surface area contributed by atoms with Crippen LogP contribution < -0.4 is 15.2 Å². The van der Waals surface area contributed by atoms with Crippen molar-refractivity contribution in [3.05, 3.63) is 23.8 Å². The number of hydrogen-bond acceptors (Lipinski definition) is 4. The standard InChI is InChI=1S/C14H19NO3/c1-17-13-7-6-10(12(16)9-15)8-14(13)18-11-4-2-3-5-11/h6-8,11H,2-5,9,15H2,1H3. The van der Waals surface area contributed by atoms with Gasteiger partial charge in [-0.3, -0.25) is 4.79 Å². The molecule has 98 valence electrons. The average molecular weight is 249 g/mol. The summed E-state index contributed by atoms with van der Waals surface area (Å²) in [5.41, 5.74) is 5.94. The van der Waals surface area contributed by atoms with Crippen LogP contribution in [-0.4, -0.2) is 25.5 Å². The highest BCUT2D eigenvalue weighted by molar-refractivity contribution is 5.98. The zero-order valence-corrected chi connectivity index (χ0v) is 10.6. The monoisotopic (exact) mass is 249 g/mol. The molecule has 1 saturated carbocycles. The molecule has 0 bridgehead atoms. The van der Waals surface area contributed by atoms with Crippen molar-refractivity contribution in [2.45, 2.75) is 31.8 Å². The highest BCUT2D eigenvalue weighted by Crippen LogP contribution is 2.32. The Balaban J connectivity index is 2.21. The van der Waals surface area contributed by atoms with Gasteiger partial charge in [0.2, 0.25) is 0 Å². The molecule has 0 aromatic heterocycles. The lowest BCUT2D eigenvalue weighted by Gasteiger charge is -2.16. The summed E-state index contributed by atoms with van der Waals surface area (Å²) in [5, 5.41) is 0. The van der Waals surface area contributed by atoms with Gasteiger partial charge in [0.05, 0.1) is 19.8 Å². The van der Waals surface area contributed by atoms with Crippen molar-refractivity contribution in [1.29, 1.82) is 0 Å². The quantitative estimate of drug-likeness (QED) is 0.812. The van der Waals surface area contributed by atoms with Gasteiger partial charge in [0.1, 0.15) is 0 Å². The van der Waals surface area contributed by atoms with E-state index in [0.717, 1.165) is 12.8 Å². The Bertz CT molecular complexity index is 425. The molecule has 1 aliphatic rings. The number of methoxy groups -OCH3 is 1. The molecule has 1 aromatic carbocycles. The van der Waals surface area contributed by atoms with Crippen molar-refractivity contribution < 1.29 is 14.3 Å². The molecule has 2 rings (SSSR count). The minimum Gasteiger partial charge on any atom is -0.493 e. The number of nitrogens with two attached hydrogens (primary N) is 1. The average Bonchev–Trinajstić information content (AvgIpc) is 2.90. The van der Waals surface area contributed by atoms with E-state index in [-0.39, 0.29) is 18.4 Å². The summed E-state index contributed by atoms with van der Waals surface area (Å²) in [6.07, 6.45) is 4.78. The number of ketones is 1. The summed E-state index contributed by atoms with van der Waals surface area (Å²) in [7, 11) is 1.60. The van der Waals surface area contributed by atoms with Crippen molar-refractivity contribution >= 4 is 5.78 Å². The van der Waals surface area contributed by atoms with E-state index in [1.165, 1.54) is 12.8 Å².